The lowest BCUT2D eigenvalue weighted by atomic mass is 10.2. The molecule has 0 aromatic heterocycles. The number of hydrogen-bond acceptors (Lipinski definition) is 5. The van der Waals surface area contributed by atoms with Crippen LogP contribution in [0.2, 0.25) is 0 Å². The maximum Gasteiger partial charge on any atom is 0.255 e. The summed E-state index contributed by atoms with van der Waals surface area (Å²) in [6.07, 6.45) is 1.48. The van der Waals surface area contributed by atoms with Gasteiger partial charge in [-0.1, -0.05) is 88.2 Å². The van der Waals surface area contributed by atoms with E-state index in [9.17, 15) is 13.2 Å². The first-order valence-corrected chi connectivity index (χ1v) is 14.4. The van der Waals surface area contributed by atoms with E-state index in [0.29, 0.717) is 17.9 Å². The van der Waals surface area contributed by atoms with E-state index >= 15 is 0 Å². The summed E-state index contributed by atoms with van der Waals surface area (Å²) in [4.78, 5) is 13.0. The van der Waals surface area contributed by atoms with Crippen molar-refractivity contribution in [2.45, 2.75) is 25.0 Å². The smallest absolute Gasteiger partial charge is 0.255 e. The van der Waals surface area contributed by atoms with Gasteiger partial charge >= 0.3 is 0 Å². The fraction of sp³-hybridized carbons (Fsp3) is 0.133. The number of hydrogen-bond donors (Lipinski definition) is 1. The van der Waals surface area contributed by atoms with Gasteiger partial charge in [0, 0.05) is 16.6 Å². The summed E-state index contributed by atoms with van der Waals surface area (Å²) in [6.45, 7) is 1.89. The summed E-state index contributed by atoms with van der Waals surface area (Å²) in [6, 6.07) is 30.9. The van der Waals surface area contributed by atoms with Crippen LogP contribution in [0.3, 0.4) is 0 Å². The summed E-state index contributed by atoms with van der Waals surface area (Å²) in [5.74, 6) is 0.0416. The van der Waals surface area contributed by atoms with Crippen molar-refractivity contribution in [2.75, 3.05) is 6.54 Å². The topological polar surface area (TPSA) is 88.1 Å². The molecule has 0 radical (unpaired) electrons. The van der Waals surface area contributed by atoms with Crippen LogP contribution in [-0.4, -0.2) is 31.4 Å². The fourth-order valence-electron chi connectivity index (χ4n) is 3.70. The Hall–Kier alpha value is -3.79. The molecule has 4 aromatic carbocycles. The molecule has 200 valence electrons. The SMILES string of the molecule is Cc1ccc(S(=O)(=O)N(CC(=O)N/N=C\c2ccccc2OCc2ccccc2)Cc2ccc(Br)cc2)cc1. The van der Waals surface area contributed by atoms with Gasteiger partial charge in [0.1, 0.15) is 12.4 Å². The number of aryl methyl sites for hydroxylation is 1. The van der Waals surface area contributed by atoms with Crippen LogP contribution in [0.4, 0.5) is 0 Å². The van der Waals surface area contributed by atoms with Crippen molar-refractivity contribution in [3.63, 3.8) is 0 Å². The van der Waals surface area contributed by atoms with Crippen molar-refractivity contribution in [3.05, 3.63) is 130 Å². The lowest BCUT2D eigenvalue weighted by Gasteiger charge is -2.21. The molecule has 4 rings (SSSR count). The first-order valence-electron chi connectivity index (χ1n) is 12.2. The Morgan fingerprint density at radius 1 is 0.897 bits per heavy atom. The number of halogens is 1. The van der Waals surface area contributed by atoms with E-state index in [-0.39, 0.29) is 11.4 Å². The Labute approximate surface area is 237 Å². The minimum Gasteiger partial charge on any atom is -0.488 e. The number of benzene rings is 4. The summed E-state index contributed by atoms with van der Waals surface area (Å²) < 4.78 is 34.9. The molecule has 0 unspecified atom stereocenters. The number of hydrazone groups is 1. The molecule has 0 atom stereocenters. The maximum absolute atomic E-state index is 13.5. The number of sulfonamides is 1. The zero-order valence-electron chi connectivity index (χ0n) is 21.3. The van der Waals surface area contributed by atoms with Gasteiger partial charge in [-0.15, -0.1) is 0 Å². The molecular formula is C30H28BrN3O4S. The molecule has 0 heterocycles. The Morgan fingerprint density at radius 3 is 2.28 bits per heavy atom. The lowest BCUT2D eigenvalue weighted by Crippen LogP contribution is -2.39. The number of para-hydroxylation sites is 1. The largest absolute Gasteiger partial charge is 0.488 e. The zero-order chi connectivity index (χ0) is 27.7. The third kappa shape index (κ3) is 8.10. The lowest BCUT2D eigenvalue weighted by molar-refractivity contribution is -0.121. The number of carbonyl (C=O) groups is 1. The Balaban J connectivity index is 1.46. The number of carbonyl (C=O) groups excluding carboxylic acids is 1. The summed E-state index contributed by atoms with van der Waals surface area (Å²) in [5.41, 5.74) is 5.83. The van der Waals surface area contributed by atoms with Crippen LogP contribution < -0.4 is 10.2 Å². The molecule has 0 aliphatic rings. The monoisotopic (exact) mass is 605 g/mol. The minimum absolute atomic E-state index is 0.0246. The molecule has 0 saturated heterocycles. The molecule has 0 spiro atoms. The van der Waals surface area contributed by atoms with Crippen molar-refractivity contribution < 1.29 is 17.9 Å². The van der Waals surface area contributed by atoms with Gasteiger partial charge in [-0.2, -0.15) is 9.41 Å². The van der Waals surface area contributed by atoms with E-state index < -0.39 is 22.5 Å². The highest BCUT2D eigenvalue weighted by molar-refractivity contribution is 9.10. The van der Waals surface area contributed by atoms with Gasteiger partial charge in [0.25, 0.3) is 5.91 Å². The third-order valence-corrected chi connectivity index (χ3v) is 8.13. The molecule has 4 aromatic rings. The molecule has 1 amide bonds. The van der Waals surface area contributed by atoms with E-state index in [2.05, 4.69) is 26.5 Å². The van der Waals surface area contributed by atoms with E-state index in [0.717, 1.165) is 25.5 Å². The number of amides is 1. The Bertz CT molecular complexity index is 1520. The van der Waals surface area contributed by atoms with Crippen molar-refractivity contribution in [1.29, 1.82) is 0 Å². The Morgan fingerprint density at radius 2 is 1.56 bits per heavy atom. The van der Waals surface area contributed by atoms with Gasteiger partial charge in [-0.25, -0.2) is 13.8 Å². The van der Waals surface area contributed by atoms with Crippen molar-refractivity contribution >= 4 is 38.1 Å². The van der Waals surface area contributed by atoms with Crippen LogP contribution in [0.1, 0.15) is 22.3 Å². The molecule has 0 saturated carbocycles. The zero-order valence-corrected chi connectivity index (χ0v) is 23.7. The van der Waals surface area contributed by atoms with Gasteiger partial charge in [0.15, 0.2) is 0 Å². The second-order valence-corrected chi connectivity index (χ2v) is 11.7. The summed E-state index contributed by atoms with van der Waals surface area (Å²) in [5, 5.41) is 4.06. The number of ether oxygens (including phenoxy) is 1. The van der Waals surface area contributed by atoms with Crippen LogP contribution in [0.15, 0.2) is 118 Å². The second-order valence-electron chi connectivity index (χ2n) is 8.82. The highest BCUT2D eigenvalue weighted by Crippen LogP contribution is 2.21. The number of nitrogens with zero attached hydrogens (tertiary/aromatic N) is 2. The predicted octanol–water partition coefficient (Wildman–Crippen LogP) is 5.68. The molecule has 9 heteroatoms. The highest BCUT2D eigenvalue weighted by Gasteiger charge is 2.27. The maximum atomic E-state index is 13.5. The van der Waals surface area contributed by atoms with Crippen molar-refractivity contribution in [1.82, 2.24) is 9.73 Å². The van der Waals surface area contributed by atoms with E-state index in [1.165, 1.54) is 6.21 Å². The molecule has 7 nitrogen and oxygen atoms in total. The summed E-state index contributed by atoms with van der Waals surface area (Å²) in [7, 11) is -3.95. The standard InChI is InChI=1S/C30H28BrN3O4S/c1-23-11-17-28(18-12-23)39(36,37)34(20-24-13-15-27(31)16-14-24)21-30(35)33-32-19-26-9-5-6-10-29(26)38-22-25-7-3-2-4-8-25/h2-19H,20-22H2,1H3,(H,33,35)/b32-19-. The van der Waals surface area contributed by atoms with Crippen LogP contribution >= 0.6 is 15.9 Å². The van der Waals surface area contributed by atoms with Gasteiger partial charge in [0.2, 0.25) is 10.0 Å². The van der Waals surface area contributed by atoms with Crippen LogP contribution in [0.25, 0.3) is 0 Å². The summed E-state index contributed by atoms with van der Waals surface area (Å²) >= 11 is 3.39. The molecular weight excluding hydrogens is 578 g/mol. The number of rotatable bonds is 11. The quantitative estimate of drug-likeness (QED) is 0.176. The Kier molecular flexibility index (Phi) is 9.64. The molecule has 0 fully saturated rings. The van der Waals surface area contributed by atoms with Gasteiger partial charge in [-0.05, 0) is 54.4 Å². The van der Waals surface area contributed by atoms with Crippen molar-refractivity contribution in [3.8, 4) is 5.75 Å². The molecule has 0 aliphatic heterocycles. The van der Waals surface area contributed by atoms with Gasteiger partial charge in [-0.3, -0.25) is 4.79 Å². The highest BCUT2D eigenvalue weighted by atomic mass is 79.9. The fourth-order valence-corrected chi connectivity index (χ4v) is 5.35. The predicted molar refractivity (Wildman–Crippen MR) is 156 cm³/mol. The molecule has 0 aliphatic carbocycles. The van der Waals surface area contributed by atoms with E-state index in [1.807, 2.05) is 85.8 Å². The van der Waals surface area contributed by atoms with Gasteiger partial charge in [0.05, 0.1) is 17.7 Å². The first-order chi connectivity index (χ1) is 18.8. The molecule has 0 bridgehead atoms. The van der Waals surface area contributed by atoms with Gasteiger partial charge < -0.3 is 4.74 Å². The first kappa shape index (κ1) is 28.2. The van der Waals surface area contributed by atoms with Crippen LogP contribution in [0.5, 0.6) is 5.75 Å². The second kappa shape index (κ2) is 13.3. The third-order valence-electron chi connectivity index (χ3n) is 5.80. The van der Waals surface area contributed by atoms with Crippen LogP contribution in [0, 0.1) is 6.92 Å². The molecule has 39 heavy (non-hydrogen) atoms. The normalized spacial score (nSPS) is 11.6. The average Bonchev–Trinajstić information content (AvgIpc) is 2.94. The van der Waals surface area contributed by atoms with E-state index in [4.69, 9.17) is 4.74 Å². The minimum atomic E-state index is -3.95. The van der Waals surface area contributed by atoms with E-state index in [1.54, 1.807) is 24.3 Å². The number of nitrogens with one attached hydrogen (secondary N) is 1. The van der Waals surface area contributed by atoms with Crippen LogP contribution in [-0.2, 0) is 28.0 Å². The van der Waals surface area contributed by atoms with Crippen molar-refractivity contribution in [2.24, 2.45) is 5.10 Å². The average molecular weight is 607 g/mol. The molecule has 1 N–H and O–H groups in total.